The summed E-state index contributed by atoms with van der Waals surface area (Å²) in [6.07, 6.45) is 0.882. The van der Waals surface area contributed by atoms with Crippen LogP contribution in [-0.4, -0.2) is 12.9 Å². The number of rotatable bonds is 3. The molecule has 0 aliphatic carbocycles. The van der Waals surface area contributed by atoms with Crippen molar-refractivity contribution in [3.8, 4) is 5.75 Å². The van der Waals surface area contributed by atoms with Gasteiger partial charge in [-0.25, -0.2) is 0 Å². The Morgan fingerprint density at radius 2 is 2.25 bits per heavy atom. The first-order valence-electron chi connectivity index (χ1n) is 3.71. The molecule has 0 atom stereocenters. The molecule has 0 fully saturated rings. The normalized spacial score (nSPS) is 9.92. The Balaban J connectivity index is 2.95. The molecule has 0 aliphatic rings. The van der Waals surface area contributed by atoms with E-state index in [2.05, 4.69) is 12.6 Å². The van der Waals surface area contributed by atoms with Crippen molar-refractivity contribution in [2.45, 2.75) is 6.42 Å². The average Bonchev–Trinajstić information content (AvgIpc) is 2.05. The fraction of sp³-hybridized carbons (Fsp3) is 0.333. The monoisotopic (exact) mass is 202 g/mol. The van der Waals surface area contributed by atoms with Crippen molar-refractivity contribution in [3.05, 3.63) is 28.8 Å². The summed E-state index contributed by atoms with van der Waals surface area (Å²) in [5.74, 6) is 1.69. The quantitative estimate of drug-likeness (QED) is 0.742. The molecule has 12 heavy (non-hydrogen) atoms. The van der Waals surface area contributed by atoms with Crippen LogP contribution in [0.5, 0.6) is 5.75 Å². The zero-order valence-electron chi connectivity index (χ0n) is 6.88. The zero-order valence-corrected chi connectivity index (χ0v) is 8.53. The molecule has 0 aliphatic heterocycles. The van der Waals surface area contributed by atoms with E-state index in [1.54, 1.807) is 7.11 Å². The second-order valence-corrected chi connectivity index (χ2v) is 3.31. The first-order chi connectivity index (χ1) is 5.77. The molecule has 0 amide bonds. The smallest absolute Gasteiger partial charge is 0.122 e. The first-order valence-corrected chi connectivity index (χ1v) is 4.72. The number of ether oxygens (including phenoxy) is 1. The molecule has 0 radical (unpaired) electrons. The molecule has 0 aromatic heterocycles. The lowest BCUT2D eigenvalue weighted by Crippen LogP contribution is -1.92. The van der Waals surface area contributed by atoms with Gasteiger partial charge in [-0.3, -0.25) is 0 Å². The molecule has 0 spiro atoms. The average molecular weight is 203 g/mol. The molecule has 1 rings (SSSR count). The number of benzene rings is 1. The molecule has 0 N–H and O–H groups in total. The van der Waals surface area contributed by atoms with Crippen LogP contribution in [0.25, 0.3) is 0 Å². The standard InChI is InChI=1S/C9H11ClOS/c1-11-9-3-2-8(10)6-7(9)4-5-12/h2-3,6,12H,4-5H2,1H3. The van der Waals surface area contributed by atoms with E-state index >= 15 is 0 Å². The van der Waals surface area contributed by atoms with Gasteiger partial charge in [0.15, 0.2) is 0 Å². The first kappa shape index (κ1) is 9.75. The van der Waals surface area contributed by atoms with Crippen LogP contribution < -0.4 is 4.74 Å². The zero-order chi connectivity index (χ0) is 8.97. The van der Waals surface area contributed by atoms with Crippen molar-refractivity contribution < 1.29 is 4.74 Å². The van der Waals surface area contributed by atoms with Gasteiger partial charge in [-0.1, -0.05) is 11.6 Å². The summed E-state index contributed by atoms with van der Waals surface area (Å²) in [6.45, 7) is 0. The van der Waals surface area contributed by atoms with Crippen LogP contribution in [0.4, 0.5) is 0 Å². The molecule has 1 aromatic carbocycles. The Labute approximate surface area is 83.1 Å². The number of hydrogen-bond donors (Lipinski definition) is 1. The predicted molar refractivity (Wildman–Crippen MR) is 55.6 cm³/mol. The lowest BCUT2D eigenvalue weighted by molar-refractivity contribution is 0.410. The van der Waals surface area contributed by atoms with E-state index in [0.717, 1.165) is 28.5 Å². The second-order valence-electron chi connectivity index (χ2n) is 2.43. The highest BCUT2D eigenvalue weighted by molar-refractivity contribution is 7.80. The van der Waals surface area contributed by atoms with Crippen molar-refractivity contribution in [3.63, 3.8) is 0 Å². The number of aryl methyl sites for hydroxylation is 1. The van der Waals surface area contributed by atoms with E-state index in [1.165, 1.54) is 0 Å². The lowest BCUT2D eigenvalue weighted by Gasteiger charge is -2.06. The maximum atomic E-state index is 5.83. The molecule has 1 nitrogen and oxygen atoms in total. The van der Waals surface area contributed by atoms with Gasteiger partial charge in [-0.2, -0.15) is 12.6 Å². The van der Waals surface area contributed by atoms with Gasteiger partial charge in [0.1, 0.15) is 5.75 Å². The van der Waals surface area contributed by atoms with Gasteiger partial charge in [-0.15, -0.1) is 0 Å². The van der Waals surface area contributed by atoms with Crippen molar-refractivity contribution >= 4 is 24.2 Å². The molecular weight excluding hydrogens is 192 g/mol. The summed E-state index contributed by atoms with van der Waals surface area (Å²) in [5, 5.41) is 0.743. The van der Waals surface area contributed by atoms with Crippen LogP contribution in [0.2, 0.25) is 5.02 Å². The number of hydrogen-bond acceptors (Lipinski definition) is 2. The van der Waals surface area contributed by atoms with Crippen LogP contribution in [0.1, 0.15) is 5.56 Å². The minimum absolute atomic E-state index is 0.743. The third-order valence-corrected chi connectivity index (χ3v) is 2.08. The number of halogens is 1. The van der Waals surface area contributed by atoms with Crippen molar-refractivity contribution in [2.24, 2.45) is 0 Å². The Hall–Kier alpha value is -0.340. The molecule has 66 valence electrons. The third kappa shape index (κ3) is 2.32. The Morgan fingerprint density at radius 3 is 2.83 bits per heavy atom. The minimum Gasteiger partial charge on any atom is -0.496 e. The van der Waals surface area contributed by atoms with E-state index in [4.69, 9.17) is 16.3 Å². The Morgan fingerprint density at radius 1 is 1.50 bits per heavy atom. The fourth-order valence-electron chi connectivity index (χ4n) is 1.06. The molecule has 0 unspecified atom stereocenters. The molecule has 3 heteroatoms. The van der Waals surface area contributed by atoms with Gasteiger partial charge in [-0.05, 0) is 35.9 Å². The summed E-state index contributed by atoms with van der Waals surface area (Å²) in [5.41, 5.74) is 1.11. The number of methoxy groups -OCH3 is 1. The van der Waals surface area contributed by atoms with E-state index < -0.39 is 0 Å². The van der Waals surface area contributed by atoms with Gasteiger partial charge in [0.25, 0.3) is 0 Å². The third-order valence-electron chi connectivity index (χ3n) is 1.62. The molecule has 0 heterocycles. The molecule has 0 bridgehead atoms. The van der Waals surface area contributed by atoms with Gasteiger partial charge < -0.3 is 4.74 Å². The summed E-state index contributed by atoms with van der Waals surface area (Å²) >= 11 is 9.98. The molecule has 0 saturated heterocycles. The number of thiol groups is 1. The highest BCUT2D eigenvalue weighted by Gasteiger charge is 2.01. The van der Waals surface area contributed by atoms with E-state index in [9.17, 15) is 0 Å². The maximum absolute atomic E-state index is 5.83. The summed E-state index contributed by atoms with van der Waals surface area (Å²) in [4.78, 5) is 0. The maximum Gasteiger partial charge on any atom is 0.122 e. The van der Waals surface area contributed by atoms with Gasteiger partial charge >= 0.3 is 0 Å². The topological polar surface area (TPSA) is 9.23 Å². The van der Waals surface area contributed by atoms with Gasteiger partial charge in [0.05, 0.1) is 7.11 Å². The molecule has 1 aromatic rings. The lowest BCUT2D eigenvalue weighted by atomic mass is 10.1. The Bertz CT molecular complexity index is 263. The van der Waals surface area contributed by atoms with Crippen LogP contribution in [0.3, 0.4) is 0 Å². The van der Waals surface area contributed by atoms with E-state index in [1.807, 2.05) is 18.2 Å². The highest BCUT2D eigenvalue weighted by Crippen LogP contribution is 2.22. The van der Waals surface area contributed by atoms with Gasteiger partial charge in [0, 0.05) is 5.02 Å². The van der Waals surface area contributed by atoms with Crippen molar-refractivity contribution in [1.29, 1.82) is 0 Å². The van der Waals surface area contributed by atoms with Crippen LogP contribution in [0.15, 0.2) is 18.2 Å². The fourth-order valence-corrected chi connectivity index (χ4v) is 1.50. The van der Waals surface area contributed by atoms with Crippen LogP contribution >= 0.6 is 24.2 Å². The van der Waals surface area contributed by atoms with E-state index in [0.29, 0.717) is 0 Å². The summed E-state index contributed by atoms with van der Waals surface area (Å²) < 4.78 is 5.16. The summed E-state index contributed by atoms with van der Waals surface area (Å²) in [6, 6.07) is 5.61. The van der Waals surface area contributed by atoms with E-state index in [-0.39, 0.29) is 0 Å². The minimum atomic E-state index is 0.743. The van der Waals surface area contributed by atoms with Crippen LogP contribution in [-0.2, 0) is 6.42 Å². The second kappa shape index (κ2) is 4.63. The van der Waals surface area contributed by atoms with Crippen molar-refractivity contribution in [1.82, 2.24) is 0 Å². The predicted octanol–water partition coefficient (Wildman–Crippen LogP) is 2.82. The van der Waals surface area contributed by atoms with Gasteiger partial charge in [0.2, 0.25) is 0 Å². The largest absolute Gasteiger partial charge is 0.496 e. The highest BCUT2D eigenvalue weighted by atomic mass is 35.5. The molecular formula is C9H11ClOS. The SMILES string of the molecule is COc1ccc(Cl)cc1CCS. The molecule has 0 saturated carbocycles. The Kier molecular flexibility index (Phi) is 3.76. The van der Waals surface area contributed by atoms with Crippen LogP contribution in [0, 0.1) is 0 Å². The summed E-state index contributed by atoms with van der Waals surface area (Å²) in [7, 11) is 1.66. The van der Waals surface area contributed by atoms with Crippen molar-refractivity contribution in [2.75, 3.05) is 12.9 Å².